The van der Waals surface area contributed by atoms with Crippen molar-refractivity contribution in [3.63, 3.8) is 0 Å². The van der Waals surface area contributed by atoms with E-state index in [-0.39, 0.29) is 23.5 Å². The molecule has 0 saturated carbocycles. The van der Waals surface area contributed by atoms with Crippen molar-refractivity contribution >= 4 is 23.3 Å². The lowest BCUT2D eigenvalue weighted by Crippen LogP contribution is -2.41. The van der Waals surface area contributed by atoms with Crippen LogP contribution in [0.3, 0.4) is 0 Å². The zero-order valence-electron chi connectivity index (χ0n) is 14.0. The summed E-state index contributed by atoms with van der Waals surface area (Å²) in [6, 6.07) is 4.27. The molecule has 1 aliphatic rings. The van der Waals surface area contributed by atoms with Gasteiger partial charge in [-0.15, -0.1) is 0 Å². The molecule has 1 aliphatic heterocycles. The maximum absolute atomic E-state index is 12.8. The number of non-ortho nitro benzene ring substituents is 1. The Kier molecular flexibility index (Phi) is 5.38. The van der Waals surface area contributed by atoms with Crippen molar-refractivity contribution in [3.8, 4) is 0 Å². The largest absolute Gasteiger partial charge is 0.469 e. The van der Waals surface area contributed by atoms with Crippen molar-refractivity contribution in [1.82, 2.24) is 4.90 Å². The Bertz CT molecular complexity index is 651. The number of nitro benzene ring substituents is 1. The highest BCUT2D eigenvalue weighted by atomic mass is 16.6. The van der Waals surface area contributed by atoms with Crippen LogP contribution < -0.4 is 4.90 Å². The average Bonchev–Trinajstić information content (AvgIpc) is 2.59. The maximum Gasteiger partial charge on any atom is 0.308 e. The number of nitro groups is 1. The summed E-state index contributed by atoms with van der Waals surface area (Å²) in [7, 11) is 4.91. The Balaban J connectivity index is 2.22. The number of nitrogens with zero attached hydrogens (tertiary/aromatic N) is 3. The monoisotopic (exact) mass is 335 g/mol. The van der Waals surface area contributed by atoms with Gasteiger partial charge in [-0.05, 0) is 18.9 Å². The number of benzene rings is 1. The number of methoxy groups -OCH3 is 1. The van der Waals surface area contributed by atoms with Crippen molar-refractivity contribution in [2.24, 2.45) is 5.92 Å². The summed E-state index contributed by atoms with van der Waals surface area (Å²) in [6.07, 6.45) is 1.06. The Hall–Kier alpha value is -2.64. The minimum absolute atomic E-state index is 0.117. The first-order valence-corrected chi connectivity index (χ1v) is 7.68. The molecule has 1 fully saturated rings. The van der Waals surface area contributed by atoms with Gasteiger partial charge in [0.1, 0.15) is 0 Å². The molecule has 0 aliphatic carbocycles. The minimum atomic E-state index is -0.514. The number of amides is 1. The predicted molar refractivity (Wildman–Crippen MR) is 88.1 cm³/mol. The number of carbonyl (C=O) groups excluding carboxylic acids is 2. The highest BCUT2D eigenvalue weighted by Crippen LogP contribution is 2.27. The number of piperidine rings is 1. The molecule has 0 N–H and O–H groups in total. The number of anilines is 1. The number of hydrogen-bond donors (Lipinski definition) is 0. The number of hydrogen-bond acceptors (Lipinski definition) is 6. The topological polar surface area (TPSA) is 93.0 Å². The third-order valence-corrected chi connectivity index (χ3v) is 4.22. The van der Waals surface area contributed by atoms with E-state index in [1.807, 2.05) is 0 Å². The smallest absolute Gasteiger partial charge is 0.308 e. The van der Waals surface area contributed by atoms with Gasteiger partial charge in [0.15, 0.2) is 0 Å². The molecule has 0 radical (unpaired) electrons. The van der Waals surface area contributed by atoms with E-state index in [0.717, 1.165) is 0 Å². The van der Waals surface area contributed by atoms with E-state index in [9.17, 15) is 19.7 Å². The van der Waals surface area contributed by atoms with E-state index in [1.54, 1.807) is 30.0 Å². The highest BCUT2D eigenvalue weighted by molar-refractivity contribution is 6.00. The lowest BCUT2D eigenvalue weighted by atomic mass is 9.96. The summed E-state index contributed by atoms with van der Waals surface area (Å²) in [5.74, 6) is -0.713. The molecular weight excluding hydrogens is 314 g/mol. The molecule has 0 aromatic heterocycles. The second kappa shape index (κ2) is 7.29. The number of ether oxygens (including phenoxy) is 1. The fraction of sp³-hybridized carbons (Fsp3) is 0.500. The first-order chi connectivity index (χ1) is 11.3. The number of rotatable bonds is 4. The summed E-state index contributed by atoms with van der Waals surface area (Å²) in [6.45, 7) is 0.850. The van der Waals surface area contributed by atoms with Gasteiger partial charge < -0.3 is 14.5 Å². The molecule has 2 rings (SSSR count). The third kappa shape index (κ3) is 3.64. The third-order valence-electron chi connectivity index (χ3n) is 4.22. The molecule has 1 aromatic rings. The second-order valence-corrected chi connectivity index (χ2v) is 5.94. The lowest BCUT2D eigenvalue weighted by Gasteiger charge is -2.31. The molecule has 1 saturated heterocycles. The van der Waals surface area contributed by atoms with E-state index in [0.29, 0.717) is 37.2 Å². The molecule has 0 atom stereocenters. The van der Waals surface area contributed by atoms with Crippen molar-refractivity contribution in [2.45, 2.75) is 12.8 Å². The normalized spacial score (nSPS) is 15.0. The quantitative estimate of drug-likeness (QED) is 0.472. The molecule has 0 unspecified atom stereocenters. The van der Waals surface area contributed by atoms with Gasteiger partial charge in [-0.2, -0.15) is 0 Å². The van der Waals surface area contributed by atoms with Crippen molar-refractivity contribution < 1.29 is 19.2 Å². The van der Waals surface area contributed by atoms with E-state index >= 15 is 0 Å². The molecule has 8 nitrogen and oxygen atoms in total. The van der Waals surface area contributed by atoms with Gasteiger partial charge in [0.25, 0.3) is 11.6 Å². The Labute approximate surface area is 140 Å². The van der Waals surface area contributed by atoms with Crippen molar-refractivity contribution in [3.05, 3.63) is 33.9 Å². The van der Waals surface area contributed by atoms with Crippen LogP contribution in [0.2, 0.25) is 0 Å². The summed E-state index contributed by atoms with van der Waals surface area (Å²) in [5.41, 5.74) is 0.805. The number of esters is 1. The van der Waals surface area contributed by atoms with Gasteiger partial charge in [0, 0.05) is 45.0 Å². The van der Waals surface area contributed by atoms with Crippen molar-refractivity contribution in [2.75, 3.05) is 39.2 Å². The molecular formula is C16H21N3O5. The van der Waals surface area contributed by atoms with Crippen LogP contribution in [0.1, 0.15) is 23.2 Å². The van der Waals surface area contributed by atoms with Crippen LogP contribution in [0.4, 0.5) is 11.4 Å². The minimum Gasteiger partial charge on any atom is -0.469 e. The second-order valence-electron chi connectivity index (χ2n) is 5.94. The number of likely N-dealkylation sites (tertiary alicyclic amines) is 1. The predicted octanol–water partition coefficient (Wildman–Crippen LogP) is 1.69. The van der Waals surface area contributed by atoms with Crippen LogP contribution in [0, 0.1) is 16.0 Å². The molecule has 1 heterocycles. The first kappa shape index (κ1) is 17.7. The van der Waals surface area contributed by atoms with Crippen LogP contribution >= 0.6 is 0 Å². The van der Waals surface area contributed by atoms with Gasteiger partial charge in [-0.3, -0.25) is 19.7 Å². The Morgan fingerprint density at radius 1 is 1.29 bits per heavy atom. The van der Waals surface area contributed by atoms with Crippen LogP contribution in [0.5, 0.6) is 0 Å². The van der Waals surface area contributed by atoms with Gasteiger partial charge in [0.05, 0.1) is 23.5 Å². The van der Waals surface area contributed by atoms with E-state index in [1.165, 1.54) is 19.2 Å². The molecule has 1 aromatic carbocycles. The zero-order chi connectivity index (χ0) is 17.9. The summed E-state index contributed by atoms with van der Waals surface area (Å²) < 4.78 is 4.74. The fourth-order valence-electron chi connectivity index (χ4n) is 2.85. The summed E-state index contributed by atoms with van der Waals surface area (Å²) >= 11 is 0. The lowest BCUT2D eigenvalue weighted by molar-refractivity contribution is -0.384. The fourth-order valence-corrected chi connectivity index (χ4v) is 2.85. The van der Waals surface area contributed by atoms with Crippen LogP contribution in [-0.2, 0) is 9.53 Å². The molecule has 24 heavy (non-hydrogen) atoms. The van der Waals surface area contributed by atoms with Gasteiger partial charge in [-0.1, -0.05) is 0 Å². The standard InChI is InChI=1S/C16H21N3O5/c1-17(2)14-5-4-12(19(22)23)10-13(14)15(20)18-8-6-11(7-9-18)16(21)24-3/h4-5,10-11H,6-9H2,1-3H3. The summed E-state index contributed by atoms with van der Waals surface area (Å²) in [5, 5.41) is 11.0. The molecule has 0 spiro atoms. The maximum atomic E-state index is 12.8. The van der Waals surface area contributed by atoms with Crippen LogP contribution in [-0.4, -0.2) is 56.0 Å². The van der Waals surface area contributed by atoms with Crippen LogP contribution in [0.15, 0.2) is 18.2 Å². The van der Waals surface area contributed by atoms with E-state index < -0.39 is 4.92 Å². The highest BCUT2D eigenvalue weighted by Gasteiger charge is 2.30. The van der Waals surface area contributed by atoms with Gasteiger partial charge >= 0.3 is 5.97 Å². The van der Waals surface area contributed by atoms with E-state index in [4.69, 9.17) is 4.74 Å². The number of carbonyl (C=O) groups is 2. The van der Waals surface area contributed by atoms with E-state index in [2.05, 4.69) is 0 Å². The Morgan fingerprint density at radius 2 is 1.92 bits per heavy atom. The first-order valence-electron chi connectivity index (χ1n) is 7.68. The summed E-state index contributed by atoms with van der Waals surface area (Å²) in [4.78, 5) is 38.2. The van der Waals surface area contributed by atoms with Crippen molar-refractivity contribution in [1.29, 1.82) is 0 Å². The molecule has 130 valence electrons. The molecule has 1 amide bonds. The average molecular weight is 335 g/mol. The van der Waals surface area contributed by atoms with Crippen LogP contribution in [0.25, 0.3) is 0 Å². The van der Waals surface area contributed by atoms with Gasteiger partial charge in [-0.25, -0.2) is 0 Å². The molecule has 8 heteroatoms. The Morgan fingerprint density at radius 3 is 2.42 bits per heavy atom. The SMILES string of the molecule is COC(=O)C1CCN(C(=O)c2cc([N+](=O)[O-])ccc2N(C)C)CC1. The zero-order valence-corrected chi connectivity index (χ0v) is 14.0. The molecule has 0 bridgehead atoms. The van der Waals surface area contributed by atoms with Gasteiger partial charge in [0.2, 0.25) is 0 Å².